The fourth-order valence-corrected chi connectivity index (χ4v) is 2.76. The molecule has 0 radical (unpaired) electrons. The number of ether oxygens (including phenoxy) is 1. The monoisotopic (exact) mass is 305 g/mol. The van der Waals surface area contributed by atoms with Crippen molar-refractivity contribution in [3.05, 3.63) is 35.4 Å². The molecule has 0 aliphatic carbocycles. The molecular weight excluding hydrogens is 282 g/mol. The van der Waals surface area contributed by atoms with E-state index in [1.807, 2.05) is 38.1 Å². The van der Waals surface area contributed by atoms with E-state index in [4.69, 9.17) is 4.74 Å². The highest BCUT2D eigenvalue weighted by Gasteiger charge is 2.44. The summed E-state index contributed by atoms with van der Waals surface area (Å²) in [7, 11) is 0. The Morgan fingerprint density at radius 3 is 2.55 bits per heavy atom. The number of aliphatic carboxylic acids is 1. The summed E-state index contributed by atoms with van der Waals surface area (Å²) in [6, 6.07) is 8.11. The van der Waals surface area contributed by atoms with Crippen LogP contribution in [-0.2, 0) is 14.3 Å². The zero-order valence-electron chi connectivity index (χ0n) is 13.1. The summed E-state index contributed by atoms with van der Waals surface area (Å²) in [5, 5.41) is 12.0. The maximum absolute atomic E-state index is 12.3. The van der Waals surface area contributed by atoms with Crippen molar-refractivity contribution < 1.29 is 19.4 Å². The molecule has 0 bridgehead atoms. The summed E-state index contributed by atoms with van der Waals surface area (Å²) in [4.78, 5) is 23.7. The Kier molecular flexibility index (Phi) is 5.19. The molecule has 2 N–H and O–H groups in total. The summed E-state index contributed by atoms with van der Waals surface area (Å²) in [6.45, 7) is 4.45. The lowest BCUT2D eigenvalue weighted by molar-refractivity contribution is -0.147. The minimum atomic E-state index is -1.26. The van der Waals surface area contributed by atoms with Gasteiger partial charge in [-0.1, -0.05) is 36.8 Å². The van der Waals surface area contributed by atoms with Gasteiger partial charge in [-0.05, 0) is 24.8 Å². The highest BCUT2D eigenvalue weighted by Crippen LogP contribution is 2.25. The standard InChI is InChI=1S/C17H23NO4/c1-3-13(14-6-4-12(2)5-7-14)10-15(19)18-17(16(20)21)8-9-22-11-17/h4-7,13H,3,8-11H2,1-2H3,(H,18,19)(H,20,21). The van der Waals surface area contributed by atoms with Gasteiger partial charge in [0.2, 0.25) is 5.91 Å². The van der Waals surface area contributed by atoms with Crippen molar-refractivity contribution in [1.82, 2.24) is 5.32 Å². The van der Waals surface area contributed by atoms with Gasteiger partial charge in [0.25, 0.3) is 0 Å². The molecule has 2 atom stereocenters. The van der Waals surface area contributed by atoms with Crippen molar-refractivity contribution in [2.24, 2.45) is 0 Å². The van der Waals surface area contributed by atoms with Gasteiger partial charge >= 0.3 is 5.97 Å². The van der Waals surface area contributed by atoms with Crippen LogP contribution in [0.2, 0.25) is 0 Å². The molecule has 1 saturated heterocycles. The Morgan fingerprint density at radius 2 is 2.05 bits per heavy atom. The van der Waals surface area contributed by atoms with E-state index in [1.165, 1.54) is 5.56 Å². The largest absolute Gasteiger partial charge is 0.479 e. The van der Waals surface area contributed by atoms with E-state index in [0.717, 1.165) is 12.0 Å². The molecule has 120 valence electrons. The van der Waals surface area contributed by atoms with Crippen LogP contribution in [0.3, 0.4) is 0 Å². The van der Waals surface area contributed by atoms with E-state index in [1.54, 1.807) is 0 Å². The SMILES string of the molecule is CCC(CC(=O)NC1(C(=O)O)CCOC1)c1ccc(C)cc1. The smallest absolute Gasteiger partial charge is 0.331 e. The quantitative estimate of drug-likeness (QED) is 0.845. The third-order valence-corrected chi connectivity index (χ3v) is 4.28. The zero-order valence-corrected chi connectivity index (χ0v) is 13.1. The van der Waals surface area contributed by atoms with Gasteiger partial charge < -0.3 is 15.2 Å². The molecule has 22 heavy (non-hydrogen) atoms. The molecule has 2 rings (SSSR count). The second-order valence-electron chi connectivity index (χ2n) is 5.96. The van der Waals surface area contributed by atoms with Crippen LogP contribution in [0.1, 0.15) is 43.2 Å². The van der Waals surface area contributed by atoms with Crippen LogP contribution in [0.5, 0.6) is 0 Å². The van der Waals surface area contributed by atoms with Crippen molar-refractivity contribution in [3.63, 3.8) is 0 Å². The van der Waals surface area contributed by atoms with Crippen LogP contribution in [0.4, 0.5) is 0 Å². The Labute approximate surface area is 130 Å². The molecule has 1 amide bonds. The predicted molar refractivity (Wildman–Crippen MR) is 82.8 cm³/mol. The summed E-state index contributed by atoms with van der Waals surface area (Å²) in [5.41, 5.74) is 1.02. The molecule has 1 aliphatic heterocycles. The van der Waals surface area contributed by atoms with E-state index in [0.29, 0.717) is 13.0 Å². The number of carbonyl (C=O) groups is 2. The average Bonchev–Trinajstić information content (AvgIpc) is 2.95. The van der Waals surface area contributed by atoms with Gasteiger partial charge in [-0.2, -0.15) is 0 Å². The van der Waals surface area contributed by atoms with Crippen molar-refractivity contribution in [2.45, 2.75) is 44.6 Å². The second kappa shape index (κ2) is 6.92. The molecule has 1 heterocycles. The molecular formula is C17H23NO4. The summed E-state index contributed by atoms with van der Waals surface area (Å²) in [5.74, 6) is -1.17. The first-order chi connectivity index (χ1) is 10.5. The summed E-state index contributed by atoms with van der Waals surface area (Å²) >= 11 is 0. The molecule has 0 spiro atoms. The molecule has 0 aromatic heterocycles. The number of aryl methyl sites for hydroxylation is 1. The number of carboxylic acids is 1. The Morgan fingerprint density at radius 1 is 1.36 bits per heavy atom. The van der Waals surface area contributed by atoms with Crippen LogP contribution >= 0.6 is 0 Å². The van der Waals surface area contributed by atoms with Crippen LogP contribution in [0, 0.1) is 6.92 Å². The van der Waals surface area contributed by atoms with E-state index < -0.39 is 11.5 Å². The summed E-state index contributed by atoms with van der Waals surface area (Å²) in [6.07, 6.45) is 1.43. The first-order valence-corrected chi connectivity index (χ1v) is 7.65. The van der Waals surface area contributed by atoms with Crippen molar-refractivity contribution in [1.29, 1.82) is 0 Å². The lowest BCUT2D eigenvalue weighted by Gasteiger charge is -2.25. The topological polar surface area (TPSA) is 75.6 Å². The second-order valence-corrected chi connectivity index (χ2v) is 5.96. The average molecular weight is 305 g/mol. The summed E-state index contributed by atoms with van der Waals surface area (Å²) < 4.78 is 5.16. The number of amides is 1. The Hall–Kier alpha value is -1.88. The molecule has 5 heteroatoms. The number of carboxylic acid groups (broad SMARTS) is 1. The van der Waals surface area contributed by atoms with Crippen LogP contribution < -0.4 is 5.32 Å². The third kappa shape index (κ3) is 3.65. The number of hydrogen-bond donors (Lipinski definition) is 2. The lowest BCUT2D eigenvalue weighted by Crippen LogP contribution is -2.55. The first kappa shape index (κ1) is 16.5. The van der Waals surface area contributed by atoms with E-state index in [9.17, 15) is 14.7 Å². The minimum absolute atomic E-state index is 0.0371. The molecule has 1 aromatic carbocycles. The van der Waals surface area contributed by atoms with Gasteiger partial charge in [-0.3, -0.25) is 4.79 Å². The molecule has 1 aliphatic rings. The maximum Gasteiger partial charge on any atom is 0.331 e. The van der Waals surface area contributed by atoms with Gasteiger partial charge in [0, 0.05) is 19.4 Å². The number of rotatable bonds is 6. The molecule has 1 aromatic rings. The third-order valence-electron chi connectivity index (χ3n) is 4.28. The van der Waals surface area contributed by atoms with Crippen molar-refractivity contribution >= 4 is 11.9 Å². The molecule has 5 nitrogen and oxygen atoms in total. The Bertz CT molecular complexity index is 532. The minimum Gasteiger partial charge on any atom is -0.479 e. The van der Waals surface area contributed by atoms with Crippen LogP contribution in [-0.4, -0.2) is 35.7 Å². The number of hydrogen-bond acceptors (Lipinski definition) is 3. The highest BCUT2D eigenvalue weighted by molar-refractivity contribution is 5.87. The molecule has 1 fully saturated rings. The van der Waals surface area contributed by atoms with Crippen molar-refractivity contribution in [3.8, 4) is 0 Å². The van der Waals surface area contributed by atoms with Crippen LogP contribution in [0.25, 0.3) is 0 Å². The molecule has 2 unspecified atom stereocenters. The zero-order chi connectivity index (χ0) is 16.2. The molecule has 0 saturated carbocycles. The number of nitrogens with one attached hydrogen (secondary N) is 1. The van der Waals surface area contributed by atoms with E-state index in [-0.39, 0.29) is 24.9 Å². The van der Waals surface area contributed by atoms with Gasteiger partial charge in [-0.15, -0.1) is 0 Å². The van der Waals surface area contributed by atoms with Gasteiger partial charge in [0.1, 0.15) is 0 Å². The Balaban J connectivity index is 2.03. The fourth-order valence-electron chi connectivity index (χ4n) is 2.76. The van der Waals surface area contributed by atoms with Gasteiger partial charge in [0.15, 0.2) is 5.54 Å². The first-order valence-electron chi connectivity index (χ1n) is 7.65. The van der Waals surface area contributed by atoms with E-state index in [2.05, 4.69) is 5.32 Å². The van der Waals surface area contributed by atoms with Crippen LogP contribution in [0.15, 0.2) is 24.3 Å². The lowest BCUT2D eigenvalue weighted by atomic mass is 9.91. The van der Waals surface area contributed by atoms with Crippen molar-refractivity contribution in [2.75, 3.05) is 13.2 Å². The fraction of sp³-hybridized carbons (Fsp3) is 0.529. The van der Waals surface area contributed by atoms with E-state index >= 15 is 0 Å². The maximum atomic E-state index is 12.3. The van der Waals surface area contributed by atoms with Gasteiger partial charge in [-0.25, -0.2) is 4.79 Å². The normalized spacial score (nSPS) is 22.3. The highest BCUT2D eigenvalue weighted by atomic mass is 16.5. The van der Waals surface area contributed by atoms with Gasteiger partial charge in [0.05, 0.1) is 6.61 Å². The number of benzene rings is 1. The number of carbonyl (C=O) groups excluding carboxylic acids is 1. The predicted octanol–water partition coefficient (Wildman–Crippen LogP) is 2.24.